The number of rotatable bonds is 3. The molecule has 1 aromatic carbocycles. The van der Waals surface area contributed by atoms with Gasteiger partial charge < -0.3 is 14.1 Å². The first-order valence-electron chi connectivity index (χ1n) is 6.95. The summed E-state index contributed by atoms with van der Waals surface area (Å²) in [5, 5.41) is 0.416. The van der Waals surface area contributed by atoms with Gasteiger partial charge in [-0.1, -0.05) is 27.5 Å². The van der Waals surface area contributed by atoms with Crippen LogP contribution in [0.25, 0.3) is 0 Å². The molecule has 0 radical (unpaired) electrons. The van der Waals surface area contributed by atoms with Crippen LogP contribution in [-0.4, -0.2) is 30.0 Å². The molecule has 3 rings (SSSR count). The highest BCUT2D eigenvalue weighted by Crippen LogP contribution is 2.25. The second-order valence-corrected chi connectivity index (χ2v) is 6.62. The van der Waals surface area contributed by atoms with Gasteiger partial charge in [-0.3, -0.25) is 4.79 Å². The van der Waals surface area contributed by atoms with E-state index in [1.807, 2.05) is 0 Å². The summed E-state index contributed by atoms with van der Waals surface area (Å²) < 4.78 is 11.4. The summed E-state index contributed by atoms with van der Waals surface area (Å²) in [4.78, 5) is 25.4. The Morgan fingerprint density at radius 3 is 2.78 bits per heavy atom. The lowest BCUT2D eigenvalue weighted by Gasteiger charge is -2.39. The van der Waals surface area contributed by atoms with Gasteiger partial charge in [0.25, 0.3) is 5.91 Å². The van der Waals surface area contributed by atoms with Crippen LogP contribution >= 0.6 is 27.5 Å². The van der Waals surface area contributed by atoms with E-state index in [9.17, 15) is 9.59 Å². The minimum absolute atomic E-state index is 0.139. The van der Waals surface area contributed by atoms with Gasteiger partial charge in [0.05, 0.1) is 29.7 Å². The van der Waals surface area contributed by atoms with E-state index in [2.05, 4.69) is 15.9 Å². The lowest BCUT2D eigenvalue weighted by Crippen LogP contribution is -2.56. The SMILES string of the molecule is Cc1cc(OC2CN(C(=O)c3cc(Br)ccc3Cl)C2)cc(=O)o1. The van der Waals surface area contributed by atoms with Gasteiger partial charge in [-0.15, -0.1) is 0 Å². The molecule has 0 bridgehead atoms. The van der Waals surface area contributed by atoms with Crippen LogP contribution in [0, 0.1) is 6.92 Å². The Bertz CT molecular complexity index is 814. The Hall–Kier alpha value is -1.79. The molecule has 0 atom stereocenters. The van der Waals surface area contributed by atoms with E-state index in [0.29, 0.717) is 35.2 Å². The average Bonchev–Trinajstić information content (AvgIpc) is 2.43. The summed E-state index contributed by atoms with van der Waals surface area (Å²) >= 11 is 9.40. The molecule has 5 nitrogen and oxygen atoms in total. The van der Waals surface area contributed by atoms with E-state index in [1.54, 1.807) is 36.1 Å². The monoisotopic (exact) mass is 397 g/mol. The van der Waals surface area contributed by atoms with Gasteiger partial charge in [0.15, 0.2) is 0 Å². The number of nitrogens with zero attached hydrogens (tertiary/aromatic N) is 1. The van der Waals surface area contributed by atoms with Gasteiger partial charge in [-0.2, -0.15) is 0 Å². The molecule has 120 valence electrons. The summed E-state index contributed by atoms with van der Waals surface area (Å²) in [6.45, 7) is 2.57. The van der Waals surface area contributed by atoms with Crippen LogP contribution in [0.15, 0.2) is 44.0 Å². The zero-order valence-corrected chi connectivity index (χ0v) is 14.6. The molecule has 0 spiro atoms. The molecule has 0 N–H and O–H groups in total. The Balaban J connectivity index is 1.63. The minimum Gasteiger partial charge on any atom is -0.486 e. The molecule has 0 unspecified atom stereocenters. The minimum atomic E-state index is -0.451. The van der Waals surface area contributed by atoms with Crippen molar-refractivity contribution in [1.29, 1.82) is 0 Å². The number of halogens is 2. The van der Waals surface area contributed by atoms with Crippen molar-refractivity contribution in [3.63, 3.8) is 0 Å². The van der Waals surface area contributed by atoms with Gasteiger partial charge in [0.1, 0.15) is 17.6 Å². The van der Waals surface area contributed by atoms with E-state index in [1.165, 1.54) is 6.07 Å². The Morgan fingerprint density at radius 2 is 2.09 bits per heavy atom. The lowest BCUT2D eigenvalue weighted by atomic mass is 10.1. The third kappa shape index (κ3) is 3.59. The molecule has 1 aliphatic heterocycles. The first-order valence-corrected chi connectivity index (χ1v) is 8.12. The van der Waals surface area contributed by atoms with Crippen molar-refractivity contribution in [2.24, 2.45) is 0 Å². The largest absolute Gasteiger partial charge is 0.486 e. The van der Waals surface area contributed by atoms with E-state index >= 15 is 0 Å². The third-order valence-electron chi connectivity index (χ3n) is 3.46. The van der Waals surface area contributed by atoms with Crippen molar-refractivity contribution in [2.75, 3.05) is 13.1 Å². The number of carbonyl (C=O) groups excluding carboxylic acids is 1. The summed E-state index contributed by atoms with van der Waals surface area (Å²) in [6, 6.07) is 8.10. The molecule has 1 amide bonds. The number of ether oxygens (including phenoxy) is 1. The van der Waals surface area contributed by atoms with Crippen molar-refractivity contribution in [3.8, 4) is 5.75 Å². The predicted molar refractivity (Wildman–Crippen MR) is 89.2 cm³/mol. The van der Waals surface area contributed by atoms with Crippen LogP contribution in [0.2, 0.25) is 5.02 Å². The molecular weight excluding hydrogens is 386 g/mol. The smallest absolute Gasteiger partial charge is 0.339 e. The van der Waals surface area contributed by atoms with Crippen LogP contribution in [0.1, 0.15) is 16.1 Å². The predicted octanol–water partition coefficient (Wildman–Crippen LogP) is 3.27. The highest BCUT2D eigenvalue weighted by molar-refractivity contribution is 9.10. The normalized spacial score (nSPS) is 14.5. The summed E-state index contributed by atoms with van der Waals surface area (Å²) in [6.07, 6.45) is -0.147. The molecule has 1 saturated heterocycles. The van der Waals surface area contributed by atoms with Crippen molar-refractivity contribution in [3.05, 3.63) is 61.6 Å². The topological polar surface area (TPSA) is 59.8 Å². The number of hydrogen-bond donors (Lipinski definition) is 0. The fraction of sp³-hybridized carbons (Fsp3) is 0.250. The van der Waals surface area contributed by atoms with Crippen molar-refractivity contribution in [2.45, 2.75) is 13.0 Å². The maximum Gasteiger partial charge on any atom is 0.339 e. The Kier molecular flexibility index (Phi) is 4.46. The zero-order chi connectivity index (χ0) is 16.6. The molecule has 2 heterocycles. The molecule has 7 heteroatoms. The number of aryl methyl sites for hydroxylation is 1. The Labute approximate surface area is 145 Å². The first-order chi connectivity index (χ1) is 10.9. The fourth-order valence-corrected chi connectivity index (χ4v) is 2.91. The van der Waals surface area contributed by atoms with Crippen LogP contribution < -0.4 is 10.4 Å². The molecule has 0 aliphatic carbocycles. The number of likely N-dealkylation sites (tertiary alicyclic amines) is 1. The molecule has 1 fully saturated rings. The molecule has 2 aromatic rings. The van der Waals surface area contributed by atoms with E-state index in [-0.39, 0.29) is 12.0 Å². The Morgan fingerprint density at radius 1 is 1.35 bits per heavy atom. The summed E-state index contributed by atoms with van der Waals surface area (Å²) in [5.74, 6) is 0.803. The molecular formula is C16H13BrClNO4. The fourth-order valence-electron chi connectivity index (χ4n) is 2.35. The van der Waals surface area contributed by atoms with Crippen LogP contribution in [-0.2, 0) is 0 Å². The van der Waals surface area contributed by atoms with Crippen molar-refractivity contribution >= 4 is 33.4 Å². The maximum absolute atomic E-state index is 12.4. The van der Waals surface area contributed by atoms with Gasteiger partial charge in [-0.25, -0.2) is 4.79 Å². The number of hydrogen-bond acceptors (Lipinski definition) is 4. The third-order valence-corrected chi connectivity index (χ3v) is 4.29. The second-order valence-electron chi connectivity index (χ2n) is 5.30. The maximum atomic E-state index is 12.4. The van der Waals surface area contributed by atoms with Gasteiger partial charge in [0, 0.05) is 10.5 Å². The van der Waals surface area contributed by atoms with E-state index in [4.69, 9.17) is 20.8 Å². The number of amides is 1. The zero-order valence-electron chi connectivity index (χ0n) is 12.2. The van der Waals surface area contributed by atoms with E-state index < -0.39 is 5.63 Å². The highest BCUT2D eigenvalue weighted by Gasteiger charge is 2.33. The average molecular weight is 399 g/mol. The van der Waals surface area contributed by atoms with Crippen molar-refractivity contribution < 1.29 is 13.9 Å². The molecule has 0 saturated carbocycles. The second kappa shape index (κ2) is 6.37. The summed E-state index contributed by atoms with van der Waals surface area (Å²) in [5.41, 5.74) is 0.00358. The molecule has 23 heavy (non-hydrogen) atoms. The van der Waals surface area contributed by atoms with Gasteiger partial charge >= 0.3 is 5.63 Å². The highest BCUT2D eigenvalue weighted by atomic mass is 79.9. The van der Waals surface area contributed by atoms with Gasteiger partial charge in [0.2, 0.25) is 0 Å². The lowest BCUT2D eigenvalue weighted by molar-refractivity contribution is 0.0175. The number of carbonyl (C=O) groups is 1. The molecule has 1 aliphatic rings. The van der Waals surface area contributed by atoms with Crippen LogP contribution in [0.5, 0.6) is 5.75 Å². The quantitative estimate of drug-likeness (QED) is 0.796. The standard InChI is InChI=1S/C16H13BrClNO4/c1-9-4-11(6-15(20)22-9)23-12-7-19(8-12)16(21)13-5-10(17)2-3-14(13)18/h2-6,12H,7-8H2,1H3. The van der Waals surface area contributed by atoms with Gasteiger partial charge in [-0.05, 0) is 25.1 Å². The van der Waals surface area contributed by atoms with Crippen molar-refractivity contribution in [1.82, 2.24) is 4.90 Å². The number of benzene rings is 1. The van der Waals surface area contributed by atoms with E-state index in [0.717, 1.165) is 4.47 Å². The first kappa shape index (κ1) is 16.1. The van der Waals surface area contributed by atoms with Crippen LogP contribution in [0.3, 0.4) is 0 Å². The van der Waals surface area contributed by atoms with Crippen LogP contribution in [0.4, 0.5) is 0 Å². The molecule has 1 aromatic heterocycles. The summed E-state index contributed by atoms with van der Waals surface area (Å²) in [7, 11) is 0.